The first kappa shape index (κ1) is 15.7. The minimum atomic E-state index is -0.548. The van der Waals surface area contributed by atoms with Crippen molar-refractivity contribution in [1.82, 2.24) is 5.32 Å². The Morgan fingerprint density at radius 2 is 2.15 bits per heavy atom. The van der Waals surface area contributed by atoms with Crippen molar-refractivity contribution in [3.63, 3.8) is 0 Å². The highest BCUT2D eigenvalue weighted by Crippen LogP contribution is 2.27. The fraction of sp³-hybridized carbons (Fsp3) is 0.600. The van der Waals surface area contributed by atoms with Gasteiger partial charge in [0.25, 0.3) is 0 Å². The number of rotatable bonds is 8. The summed E-state index contributed by atoms with van der Waals surface area (Å²) in [4.78, 5) is 0.479. The Kier molecular flexibility index (Phi) is 5.41. The van der Waals surface area contributed by atoms with Gasteiger partial charge in [0.15, 0.2) is 0 Å². The maximum Gasteiger partial charge on any atom is 0.139 e. The summed E-state index contributed by atoms with van der Waals surface area (Å²) in [6.07, 6.45) is 4.09. The lowest BCUT2D eigenvalue weighted by molar-refractivity contribution is 0.163. The van der Waals surface area contributed by atoms with Crippen LogP contribution < -0.4 is 5.32 Å². The molecule has 1 aromatic rings. The standard InChI is InChI=1S/C15H21F2NOS/c1-15(10-19,18-12-4-5-12)7-2-8-20-14-6-3-11(16)9-13(14)17/h3,6,9,12,18-19H,2,4-5,7-8,10H2,1H3. The molecule has 1 aliphatic carbocycles. The first-order valence-electron chi connectivity index (χ1n) is 6.99. The second-order valence-electron chi connectivity index (χ2n) is 5.66. The van der Waals surface area contributed by atoms with E-state index >= 15 is 0 Å². The number of hydrogen-bond donors (Lipinski definition) is 2. The van der Waals surface area contributed by atoms with Gasteiger partial charge in [-0.15, -0.1) is 11.8 Å². The summed E-state index contributed by atoms with van der Waals surface area (Å²) in [6, 6.07) is 4.21. The molecular formula is C15H21F2NOS. The van der Waals surface area contributed by atoms with Crippen LogP contribution in [0.2, 0.25) is 0 Å². The first-order chi connectivity index (χ1) is 9.52. The van der Waals surface area contributed by atoms with Crippen LogP contribution in [0.1, 0.15) is 32.6 Å². The molecule has 0 spiro atoms. The van der Waals surface area contributed by atoms with E-state index in [1.807, 2.05) is 6.92 Å². The molecule has 5 heteroatoms. The molecule has 1 atom stereocenters. The molecule has 1 unspecified atom stereocenters. The van der Waals surface area contributed by atoms with Gasteiger partial charge in [-0.2, -0.15) is 0 Å². The van der Waals surface area contributed by atoms with Crippen LogP contribution in [-0.4, -0.2) is 29.0 Å². The Hall–Kier alpha value is -0.650. The second-order valence-corrected chi connectivity index (χ2v) is 6.80. The Morgan fingerprint density at radius 1 is 1.40 bits per heavy atom. The van der Waals surface area contributed by atoms with Crippen molar-refractivity contribution in [2.24, 2.45) is 0 Å². The zero-order chi connectivity index (χ0) is 14.6. The fourth-order valence-electron chi connectivity index (χ4n) is 2.15. The van der Waals surface area contributed by atoms with Crippen molar-refractivity contribution < 1.29 is 13.9 Å². The molecule has 2 N–H and O–H groups in total. The molecule has 112 valence electrons. The van der Waals surface area contributed by atoms with Crippen LogP contribution in [0, 0.1) is 11.6 Å². The highest BCUT2D eigenvalue weighted by atomic mass is 32.2. The number of hydrogen-bond acceptors (Lipinski definition) is 3. The van der Waals surface area contributed by atoms with Crippen molar-refractivity contribution >= 4 is 11.8 Å². The molecule has 1 aromatic carbocycles. The molecule has 0 aliphatic heterocycles. The number of thioether (sulfide) groups is 1. The van der Waals surface area contributed by atoms with Gasteiger partial charge in [0.2, 0.25) is 0 Å². The van der Waals surface area contributed by atoms with Crippen LogP contribution in [0.15, 0.2) is 23.1 Å². The minimum Gasteiger partial charge on any atom is -0.394 e. The molecule has 0 bridgehead atoms. The van der Waals surface area contributed by atoms with Crippen LogP contribution in [0.5, 0.6) is 0 Å². The van der Waals surface area contributed by atoms with Crippen molar-refractivity contribution in [2.45, 2.75) is 49.1 Å². The summed E-state index contributed by atoms with van der Waals surface area (Å²) < 4.78 is 26.2. The van der Waals surface area contributed by atoms with Crippen LogP contribution in [-0.2, 0) is 0 Å². The minimum absolute atomic E-state index is 0.110. The molecule has 2 nitrogen and oxygen atoms in total. The van der Waals surface area contributed by atoms with Crippen molar-refractivity contribution in [3.8, 4) is 0 Å². The zero-order valence-corrected chi connectivity index (χ0v) is 12.5. The maximum absolute atomic E-state index is 13.4. The Bertz CT molecular complexity index is 453. The lowest BCUT2D eigenvalue weighted by Crippen LogP contribution is -2.46. The Balaban J connectivity index is 1.74. The predicted molar refractivity (Wildman–Crippen MR) is 78.0 cm³/mol. The van der Waals surface area contributed by atoms with E-state index in [0.29, 0.717) is 10.9 Å². The van der Waals surface area contributed by atoms with E-state index in [9.17, 15) is 13.9 Å². The average molecular weight is 301 g/mol. The summed E-state index contributed by atoms with van der Waals surface area (Å²) in [5.41, 5.74) is -0.247. The van der Waals surface area contributed by atoms with Crippen LogP contribution in [0.25, 0.3) is 0 Å². The number of halogens is 2. The Labute approximate surface area is 123 Å². The Morgan fingerprint density at radius 3 is 2.75 bits per heavy atom. The third-order valence-corrected chi connectivity index (χ3v) is 4.64. The van der Waals surface area contributed by atoms with Gasteiger partial charge >= 0.3 is 0 Å². The van der Waals surface area contributed by atoms with Gasteiger partial charge in [-0.1, -0.05) is 0 Å². The van der Waals surface area contributed by atoms with E-state index < -0.39 is 11.6 Å². The van der Waals surface area contributed by atoms with Crippen LogP contribution in [0.4, 0.5) is 8.78 Å². The zero-order valence-electron chi connectivity index (χ0n) is 11.7. The third-order valence-electron chi connectivity index (χ3n) is 3.50. The largest absolute Gasteiger partial charge is 0.394 e. The summed E-state index contributed by atoms with van der Waals surface area (Å²) in [5, 5.41) is 12.9. The van der Waals surface area contributed by atoms with E-state index in [1.165, 1.54) is 36.7 Å². The SMILES string of the molecule is CC(CO)(CCCSc1ccc(F)cc1F)NC1CC1. The smallest absolute Gasteiger partial charge is 0.139 e. The first-order valence-corrected chi connectivity index (χ1v) is 7.97. The molecule has 0 saturated heterocycles. The van der Waals surface area contributed by atoms with E-state index in [1.54, 1.807) is 0 Å². The van der Waals surface area contributed by atoms with E-state index in [-0.39, 0.29) is 12.1 Å². The molecule has 1 fully saturated rings. The van der Waals surface area contributed by atoms with Crippen LogP contribution in [0.3, 0.4) is 0 Å². The lowest BCUT2D eigenvalue weighted by Gasteiger charge is -2.29. The van der Waals surface area contributed by atoms with Gasteiger partial charge in [0, 0.05) is 22.5 Å². The molecule has 0 heterocycles. The number of aliphatic hydroxyl groups excluding tert-OH is 1. The average Bonchev–Trinajstić information content (AvgIpc) is 3.20. The second kappa shape index (κ2) is 6.87. The molecular weight excluding hydrogens is 280 g/mol. The summed E-state index contributed by atoms with van der Waals surface area (Å²) in [5.74, 6) is -0.297. The summed E-state index contributed by atoms with van der Waals surface area (Å²) in [7, 11) is 0. The quantitative estimate of drug-likeness (QED) is 0.570. The molecule has 0 radical (unpaired) electrons. The van der Waals surface area contributed by atoms with Gasteiger partial charge < -0.3 is 10.4 Å². The molecule has 0 amide bonds. The number of benzene rings is 1. The fourth-order valence-corrected chi connectivity index (χ4v) is 3.02. The molecule has 1 saturated carbocycles. The third kappa shape index (κ3) is 4.72. The normalized spacial score (nSPS) is 18.0. The van der Waals surface area contributed by atoms with Crippen molar-refractivity contribution in [1.29, 1.82) is 0 Å². The lowest BCUT2D eigenvalue weighted by atomic mass is 9.97. The van der Waals surface area contributed by atoms with Gasteiger partial charge in [0.05, 0.1) is 6.61 Å². The van der Waals surface area contributed by atoms with Crippen molar-refractivity contribution in [3.05, 3.63) is 29.8 Å². The monoisotopic (exact) mass is 301 g/mol. The van der Waals surface area contributed by atoms with Gasteiger partial charge in [0.1, 0.15) is 11.6 Å². The highest BCUT2D eigenvalue weighted by Gasteiger charge is 2.31. The van der Waals surface area contributed by atoms with E-state index in [0.717, 1.165) is 24.7 Å². The topological polar surface area (TPSA) is 32.3 Å². The number of aliphatic hydroxyl groups is 1. The predicted octanol–water partition coefficient (Wildman–Crippen LogP) is 3.34. The summed E-state index contributed by atoms with van der Waals surface area (Å²) in [6.45, 7) is 2.13. The van der Waals surface area contributed by atoms with Crippen molar-refractivity contribution in [2.75, 3.05) is 12.4 Å². The molecule has 0 aromatic heterocycles. The van der Waals surface area contributed by atoms with Gasteiger partial charge in [-0.25, -0.2) is 8.78 Å². The maximum atomic E-state index is 13.4. The molecule has 20 heavy (non-hydrogen) atoms. The molecule has 1 aliphatic rings. The van der Waals surface area contributed by atoms with Gasteiger partial charge in [-0.05, 0) is 50.5 Å². The van der Waals surface area contributed by atoms with E-state index in [2.05, 4.69) is 5.32 Å². The van der Waals surface area contributed by atoms with E-state index in [4.69, 9.17) is 0 Å². The van der Waals surface area contributed by atoms with Gasteiger partial charge in [-0.3, -0.25) is 0 Å². The molecule has 2 rings (SSSR count). The number of nitrogens with one attached hydrogen (secondary N) is 1. The summed E-state index contributed by atoms with van der Waals surface area (Å²) >= 11 is 1.39. The highest BCUT2D eigenvalue weighted by molar-refractivity contribution is 7.99. The van der Waals surface area contributed by atoms with Crippen LogP contribution >= 0.6 is 11.8 Å².